The first kappa shape index (κ1) is 22.6. The summed E-state index contributed by atoms with van der Waals surface area (Å²) in [5.74, 6) is 1.83. The quantitative estimate of drug-likeness (QED) is 0.428. The van der Waals surface area contributed by atoms with Crippen molar-refractivity contribution in [3.05, 3.63) is 58.9 Å². The molecule has 4 rings (SSSR count). The third-order valence-electron chi connectivity index (χ3n) is 10.4. The van der Waals surface area contributed by atoms with Gasteiger partial charge in [0.05, 0.1) is 0 Å². The molecule has 0 bridgehead atoms. The highest BCUT2D eigenvalue weighted by atomic mass is 19.1. The second-order valence-electron chi connectivity index (χ2n) is 11.1. The molecule has 0 nitrogen and oxygen atoms in total. The van der Waals surface area contributed by atoms with Crippen LogP contribution in [-0.4, -0.2) is 0 Å². The zero-order valence-corrected chi connectivity index (χ0v) is 20.8. The monoisotopic (exact) mass is 420 g/mol. The maximum absolute atomic E-state index is 15.6. The molecule has 2 fully saturated rings. The van der Waals surface area contributed by atoms with Crippen molar-refractivity contribution < 1.29 is 4.39 Å². The van der Waals surface area contributed by atoms with Crippen LogP contribution in [-0.2, 0) is 0 Å². The zero-order valence-electron chi connectivity index (χ0n) is 20.8. The van der Waals surface area contributed by atoms with E-state index in [2.05, 4.69) is 54.4 Å². The second kappa shape index (κ2) is 7.19. The van der Waals surface area contributed by atoms with Gasteiger partial charge in [0.25, 0.3) is 0 Å². The minimum Gasteiger partial charge on any atom is -0.206 e. The first-order valence-corrected chi connectivity index (χ1v) is 12.4. The summed E-state index contributed by atoms with van der Waals surface area (Å²) < 4.78 is 15.6. The van der Waals surface area contributed by atoms with Crippen LogP contribution < -0.4 is 0 Å². The summed E-state index contributed by atoms with van der Waals surface area (Å²) >= 11 is 0. The van der Waals surface area contributed by atoms with Gasteiger partial charge in [-0.15, -0.1) is 0 Å². The van der Waals surface area contributed by atoms with E-state index in [-0.39, 0.29) is 22.6 Å². The van der Waals surface area contributed by atoms with E-state index in [1.54, 1.807) is 0 Å². The molecule has 0 aromatic heterocycles. The van der Waals surface area contributed by atoms with Gasteiger partial charge in [-0.1, -0.05) is 53.0 Å². The molecule has 3 aliphatic carbocycles. The van der Waals surface area contributed by atoms with Crippen molar-refractivity contribution in [2.45, 2.75) is 80.6 Å². The Hall–Kier alpha value is -1.63. The summed E-state index contributed by atoms with van der Waals surface area (Å²) in [4.78, 5) is 0. The van der Waals surface area contributed by atoms with Crippen LogP contribution in [0.5, 0.6) is 0 Å². The van der Waals surface area contributed by atoms with Gasteiger partial charge in [-0.3, -0.25) is 0 Å². The minimum atomic E-state index is -0.0804. The van der Waals surface area contributed by atoms with Crippen LogP contribution in [0.3, 0.4) is 0 Å². The van der Waals surface area contributed by atoms with Gasteiger partial charge >= 0.3 is 0 Å². The molecule has 4 unspecified atom stereocenters. The SMILES string of the molecule is C=C1CC(CC)(C2C(=C)c3c(C)c(C)c(C)c(F)c3C2=C)C2(CC2)C(C)[C@H](C)C1CC. The van der Waals surface area contributed by atoms with E-state index in [1.165, 1.54) is 24.0 Å². The summed E-state index contributed by atoms with van der Waals surface area (Å²) in [5, 5.41) is 0. The first-order valence-electron chi connectivity index (χ1n) is 12.4. The Morgan fingerprint density at radius 2 is 1.48 bits per heavy atom. The molecule has 1 heteroatoms. The van der Waals surface area contributed by atoms with Gasteiger partial charge in [-0.05, 0) is 115 Å². The van der Waals surface area contributed by atoms with Crippen molar-refractivity contribution >= 4 is 11.1 Å². The van der Waals surface area contributed by atoms with E-state index >= 15 is 4.39 Å². The van der Waals surface area contributed by atoms with Crippen molar-refractivity contribution in [2.75, 3.05) is 0 Å². The smallest absolute Gasteiger partial charge is 0.134 e. The lowest BCUT2D eigenvalue weighted by Gasteiger charge is -2.49. The number of rotatable bonds is 3. The summed E-state index contributed by atoms with van der Waals surface area (Å²) in [7, 11) is 0. The molecule has 0 aliphatic heterocycles. The summed E-state index contributed by atoms with van der Waals surface area (Å²) in [6.45, 7) is 29.5. The van der Waals surface area contributed by atoms with Gasteiger partial charge in [0.2, 0.25) is 0 Å². The van der Waals surface area contributed by atoms with Crippen molar-refractivity contribution in [3.8, 4) is 0 Å². The van der Waals surface area contributed by atoms with Crippen molar-refractivity contribution in [1.29, 1.82) is 0 Å². The molecule has 5 atom stereocenters. The molecule has 0 saturated heterocycles. The topological polar surface area (TPSA) is 0 Å². The van der Waals surface area contributed by atoms with Crippen LogP contribution in [0.25, 0.3) is 11.1 Å². The number of halogens is 1. The molecule has 0 N–H and O–H groups in total. The van der Waals surface area contributed by atoms with Crippen LogP contribution in [0, 0.1) is 61.1 Å². The lowest BCUT2D eigenvalue weighted by molar-refractivity contribution is 0.0425. The van der Waals surface area contributed by atoms with Crippen molar-refractivity contribution in [2.24, 2.45) is 34.5 Å². The predicted octanol–water partition coefficient (Wildman–Crippen LogP) is 8.84. The molecule has 0 heterocycles. The Labute approximate surface area is 189 Å². The highest BCUT2D eigenvalue weighted by Crippen LogP contribution is 2.76. The molecule has 2 saturated carbocycles. The molecule has 168 valence electrons. The fourth-order valence-electron chi connectivity index (χ4n) is 8.20. The molecule has 3 aliphatic rings. The molecular weight excluding hydrogens is 379 g/mol. The van der Waals surface area contributed by atoms with Gasteiger partial charge < -0.3 is 0 Å². The Balaban J connectivity index is 1.94. The maximum Gasteiger partial charge on any atom is 0.134 e. The van der Waals surface area contributed by atoms with Gasteiger partial charge in [0.1, 0.15) is 5.82 Å². The van der Waals surface area contributed by atoms with Crippen LogP contribution in [0.15, 0.2) is 25.3 Å². The second-order valence-corrected chi connectivity index (χ2v) is 11.1. The average Bonchev–Trinajstić information content (AvgIpc) is 3.51. The molecule has 1 spiro atoms. The fraction of sp³-hybridized carbons (Fsp3) is 0.600. The van der Waals surface area contributed by atoms with Crippen molar-refractivity contribution in [1.82, 2.24) is 0 Å². The van der Waals surface area contributed by atoms with Gasteiger partial charge in [0, 0.05) is 11.5 Å². The lowest BCUT2D eigenvalue weighted by Crippen LogP contribution is -2.42. The number of benzene rings is 1. The first-order chi connectivity index (χ1) is 14.5. The van der Waals surface area contributed by atoms with E-state index in [0.717, 1.165) is 52.7 Å². The van der Waals surface area contributed by atoms with Crippen LogP contribution in [0.4, 0.5) is 4.39 Å². The highest BCUT2D eigenvalue weighted by Gasteiger charge is 2.67. The Bertz CT molecular complexity index is 941. The predicted molar refractivity (Wildman–Crippen MR) is 132 cm³/mol. The van der Waals surface area contributed by atoms with Gasteiger partial charge in [-0.2, -0.15) is 0 Å². The van der Waals surface area contributed by atoms with Crippen LogP contribution in [0.2, 0.25) is 0 Å². The molecule has 31 heavy (non-hydrogen) atoms. The number of fused-ring (bicyclic) bond motifs is 1. The fourth-order valence-corrected chi connectivity index (χ4v) is 8.20. The number of hydrogen-bond acceptors (Lipinski definition) is 0. The highest BCUT2D eigenvalue weighted by molar-refractivity contribution is 5.96. The van der Waals surface area contributed by atoms with Crippen LogP contribution >= 0.6 is 0 Å². The van der Waals surface area contributed by atoms with Gasteiger partial charge in [0.15, 0.2) is 0 Å². The number of allylic oxidation sites excluding steroid dienone is 3. The van der Waals surface area contributed by atoms with E-state index in [1.807, 2.05) is 13.8 Å². The molecule has 0 amide bonds. The Kier molecular flexibility index (Phi) is 5.23. The summed E-state index contributed by atoms with van der Waals surface area (Å²) in [5.41, 5.74) is 8.56. The Morgan fingerprint density at radius 1 is 0.903 bits per heavy atom. The minimum absolute atomic E-state index is 0.0234. The van der Waals surface area contributed by atoms with E-state index in [0.29, 0.717) is 17.8 Å². The average molecular weight is 421 g/mol. The standard InChI is InChI=1S/C30H41F/c1-11-24-16(3)15-29(12-2,30(13-14-30)23(10)20(24)7)27-21(8)25-18(5)17(4)19(6)28(31)26(25)22(27)9/h20,23-24,27H,3,8-9,11-15H2,1-2,4-7,10H3/t20-,23?,24?,27?,29?/m0/s1. The number of hydrogen-bond donors (Lipinski definition) is 0. The van der Waals surface area contributed by atoms with Crippen LogP contribution in [0.1, 0.15) is 87.6 Å². The third kappa shape index (κ3) is 2.64. The summed E-state index contributed by atoms with van der Waals surface area (Å²) in [6.07, 6.45) is 5.77. The molecule has 1 aromatic rings. The molecule has 1 aromatic carbocycles. The summed E-state index contributed by atoms with van der Waals surface area (Å²) in [6, 6.07) is 0. The van der Waals surface area contributed by atoms with E-state index < -0.39 is 0 Å². The van der Waals surface area contributed by atoms with E-state index in [4.69, 9.17) is 0 Å². The maximum atomic E-state index is 15.6. The van der Waals surface area contributed by atoms with E-state index in [9.17, 15) is 0 Å². The van der Waals surface area contributed by atoms with Crippen molar-refractivity contribution in [3.63, 3.8) is 0 Å². The lowest BCUT2D eigenvalue weighted by atomic mass is 9.54. The van der Waals surface area contributed by atoms with Gasteiger partial charge in [-0.25, -0.2) is 4.39 Å². The zero-order chi connectivity index (χ0) is 23.0. The molecule has 0 radical (unpaired) electrons. The molecular formula is C30H41F. The Morgan fingerprint density at radius 3 is 2.00 bits per heavy atom. The largest absolute Gasteiger partial charge is 0.206 e. The third-order valence-corrected chi connectivity index (χ3v) is 10.4. The normalized spacial score (nSPS) is 34.3.